The molecule has 1 aromatic rings. The first kappa shape index (κ1) is 10.9. The van der Waals surface area contributed by atoms with Crippen molar-refractivity contribution in [3.8, 4) is 0 Å². The number of rotatable bonds is 3. The van der Waals surface area contributed by atoms with E-state index in [0.29, 0.717) is 0 Å². The zero-order valence-corrected chi connectivity index (χ0v) is 8.37. The van der Waals surface area contributed by atoms with Crippen LogP contribution < -0.4 is 12.4 Å². The van der Waals surface area contributed by atoms with Crippen LogP contribution in [-0.4, -0.2) is 7.11 Å². The van der Waals surface area contributed by atoms with Crippen LogP contribution in [0.15, 0.2) is 30.3 Å². The van der Waals surface area contributed by atoms with Gasteiger partial charge in [-0.1, -0.05) is 30.3 Å². The molecule has 0 amide bonds. The standard InChI is InChI=1S/C8H11OP.ClH/c1-9-10-7-8-5-3-2-4-6-8;/h2-6,10H,7H2,1H3;1H. The lowest BCUT2D eigenvalue weighted by Gasteiger charge is -1.91. The fourth-order valence-corrected chi connectivity index (χ4v) is 1.42. The summed E-state index contributed by atoms with van der Waals surface area (Å²) in [6.07, 6.45) is 1.09. The van der Waals surface area contributed by atoms with Crippen molar-refractivity contribution >= 4 is 8.81 Å². The van der Waals surface area contributed by atoms with Crippen LogP contribution in [0.5, 0.6) is 0 Å². The molecular weight excluding hydrogens is 179 g/mol. The molecule has 1 nitrogen and oxygen atoms in total. The van der Waals surface area contributed by atoms with Gasteiger partial charge in [-0.05, 0) is 5.56 Å². The number of hydrogen-bond acceptors (Lipinski definition) is 1. The average molecular weight is 191 g/mol. The largest absolute Gasteiger partial charge is 1.00 e. The van der Waals surface area contributed by atoms with Gasteiger partial charge in [0.15, 0.2) is 0 Å². The van der Waals surface area contributed by atoms with Gasteiger partial charge in [0.2, 0.25) is 0 Å². The highest BCUT2D eigenvalue weighted by atomic mass is 35.5. The minimum atomic E-state index is 0. The predicted molar refractivity (Wildman–Crippen MR) is 46.9 cm³/mol. The lowest BCUT2D eigenvalue weighted by molar-refractivity contribution is -0.00000243. The molecule has 0 fully saturated rings. The lowest BCUT2D eigenvalue weighted by atomic mass is 10.2. The quantitative estimate of drug-likeness (QED) is 0.565. The molecule has 1 unspecified atom stereocenters. The van der Waals surface area contributed by atoms with Gasteiger partial charge < -0.3 is 12.4 Å². The van der Waals surface area contributed by atoms with Gasteiger partial charge in [-0.15, -0.1) is 0 Å². The summed E-state index contributed by atoms with van der Waals surface area (Å²) in [5.41, 5.74) is 1.37. The minimum absolute atomic E-state index is 0. The van der Waals surface area contributed by atoms with Gasteiger partial charge in [0.05, 0.1) is 7.11 Å². The highest BCUT2D eigenvalue weighted by Crippen LogP contribution is 2.17. The van der Waals surface area contributed by atoms with Crippen LogP contribution in [0.25, 0.3) is 0 Å². The van der Waals surface area contributed by atoms with E-state index in [1.165, 1.54) is 5.56 Å². The second kappa shape index (κ2) is 6.60. The molecule has 0 saturated heterocycles. The summed E-state index contributed by atoms with van der Waals surface area (Å²) in [6.45, 7) is 0. The molecule has 0 N–H and O–H groups in total. The number of halogens is 1. The van der Waals surface area contributed by atoms with Crippen molar-refractivity contribution in [3.63, 3.8) is 0 Å². The van der Waals surface area contributed by atoms with Crippen molar-refractivity contribution < 1.29 is 16.9 Å². The molecule has 0 aliphatic rings. The van der Waals surface area contributed by atoms with E-state index in [0.717, 1.165) is 6.16 Å². The zero-order chi connectivity index (χ0) is 7.23. The zero-order valence-electron chi connectivity index (χ0n) is 6.46. The van der Waals surface area contributed by atoms with E-state index >= 15 is 0 Å². The van der Waals surface area contributed by atoms with Gasteiger partial charge in [-0.2, -0.15) is 0 Å². The molecule has 0 aliphatic carbocycles. The fourth-order valence-electron chi connectivity index (χ4n) is 0.794. The summed E-state index contributed by atoms with van der Waals surface area (Å²) in [4.78, 5) is 0. The third-order valence-electron chi connectivity index (χ3n) is 1.33. The van der Waals surface area contributed by atoms with Crippen molar-refractivity contribution in [2.24, 2.45) is 0 Å². The molecule has 0 saturated carbocycles. The Kier molecular flexibility index (Phi) is 6.54. The molecule has 0 heterocycles. The average Bonchev–Trinajstić information content (AvgIpc) is 2.03. The molecule has 1 aromatic carbocycles. The Morgan fingerprint density at radius 1 is 1.27 bits per heavy atom. The summed E-state index contributed by atoms with van der Waals surface area (Å²) in [7, 11) is 1.92. The predicted octanol–water partition coefficient (Wildman–Crippen LogP) is -0.837. The second-order valence-corrected chi connectivity index (χ2v) is 3.31. The van der Waals surface area contributed by atoms with Crippen LogP contribution in [0.1, 0.15) is 5.56 Å². The van der Waals surface area contributed by atoms with Crippen molar-refractivity contribution in [1.29, 1.82) is 0 Å². The molecule has 0 bridgehead atoms. The molecule has 0 spiro atoms. The summed E-state index contributed by atoms with van der Waals surface area (Å²) in [5.74, 6) is 0. The van der Waals surface area contributed by atoms with E-state index < -0.39 is 0 Å². The smallest absolute Gasteiger partial charge is 0.124 e. The van der Waals surface area contributed by atoms with Gasteiger partial charge in [0.1, 0.15) is 15.0 Å². The summed E-state index contributed by atoms with van der Waals surface area (Å²) >= 11 is 0. The van der Waals surface area contributed by atoms with Crippen LogP contribution in [-0.2, 0) is 10.7 Å². The summed E-state index contributed by atoms with van der Waals surface area (Å²) in [6, 6.07) is 10.4. The first-order valence-corrected chi connectivity index (χ1v) is 4.60. The maximum Gasteiger partial charge on any atom is 0.124 e. The maximum atomic E-state index is 5.03. The summed E-state index contributed by atoms with van der Waals surface area (Å²) in [5, 5.41) is 0. The Labute approximate surface area is 75.4 Å². The highest BCUT2D eigenvalue weighted by molar-refractivity contribution is 7.31. The van der Waals surface area contributed by atoms with E-state index in [1.807, 2.05) is 6.07 Å². The van der Waals surface area contributed by atoms with Gasteiger partial charge >= 0.3 is 0 Å². The first-order chi connectivity index (χ1) is 4.93. The second-order valence-electron chi connectivity index (χ2n) is 2.09. The monoisotopic (exact) mass is 190 g/mol. The maximum absolute atomic E-state index is 5.03. The third-order valence-corrected chi connectivity index (χ3v) is 2.30. The Balaban J connectivity index is 0.000001000. The van der Waals surface area contributed by atoms with E-state index in [2.05, 4.69) is 24.3 Å². The third kappa shape index (κ3) is 4.36. The number of benzene rings is 1. The fraction of sp³-hybridized carbons (Fsp3) is 0.250. The molecule has 11 heavy (non-hydrogen) atoms. The molecule has 0 radical (unpaired) electrons. The van der Waals surface area contributed by atoms with Gasteiger partial charge in [0.25, 0.3) is 0 Å². The molecule has 62 valence electrons. The van der Waals surface area contributed by atoms with Gasteiger partial charge in [0, 0.05) is 0 Å². The molecule has 3 heteroatoms. The molecule has 1 rings (SSSR count). The normalized spacial score (nSPS) is 9.91. The van der Waals surface area contributed by atoms with Crippen LogP contribution in [0.3, 0.4) is 0 Å². The van der Waals surface area contributed by atoms with E-state index in [-0.39, 0.29) is 21.2 Å². The Bertz CT molecular complexity index is 179. The lowest BCUT2D eigenvalue weighted by Crippen LogP contribution is -3.00. The Morgan fingerprint density at radius 2 is 1.91 bits per heavy atom. The Hall–Kier alpha value is -0.100. The van der Waals surface area contributed by atoms with Crippen molar-refractivity contribution in [3.05, 3.63) is 35.9 Å². The van der Waals surface area contributed by atoms with Crippen molar-refractivity contribution in [2.75, 3.05) is 7.11 Å². The first-order valence-electron chi connectivity index (χ1n) is 3.32. The van der Waals surface area contributed by atoms with E-state index in [4.69, 9.17) is 4.52 Å². The van der Waals surface area contributed by atoms with E-state index in [1.54, 1.807) is 7.11 Å². The Morgan fingerprint density at radius 3 is 2.45 bits per heavy atom. The minimum Gasteiger partial charge on any atom is -1.00 e. The molecular formula is C8H12ClOP. The van der Waals surface area contributed by atoms with Gasteiger partial charge in [-0.3, -0.25) is 0 Å². The SMILES string of the molecule is CO[PH2+]Cc1ccccc1.[Cl-]. The molecule has 0 aliphatic heterocycles. The highest BCUT2D eigenvalue weighted by Gasteiger charge is 1.93. The molecule has 0 aromatic heterocycles. The van der Waals surface area contributed by atoms with Crippen molar-refractivity contribution in [2.45, 2.75) is 6.16 Å². The topological polar surface area (TPSA) is 9.23 Å². The van der Waals surface area contributed by atoms with Crippen LogP contribution >= 0.6 is 8.81 Å². The van der Waals surface area contributed by atoms with Gasteiger partial charge in [-0.25, -0.2) is 4.52 Å². The molecule has 1 atom stereocenters. The van der Waals surface area contributed by atoms with E-state index in [9.17, 15) is 0 Å². The van der Waals surface area contributed by atoms with Crippen LogP contribution in [0.2, 0.25) is 0 Å². The van der Waals surface area contributed by atoms with Crippen molar-refractivity contribution in [1.82, 2.24) is 0 Å². The van der Waals surface area contributed by atoms with Crippen LogP contribution in [0.4, 0.5) is 0 Å². The van der Waals surface area contributed by atoms with Crippen LogP contribution in [0, 0.1) is 0 Å². The number of hydrogen-bond donors (Lipinski definition) is 0. The summed E-state index contributed by atoms with van der Waals surface area (Å²) < 4.78 is 5.03.